The largest absolute Gasteiger partial charge is 0.461 e. The van der Waals surface area contributed by atoms with Crippen molar-refractivity contribution in [2.45, 2.75) is 116 Å². The number of carbonyl (C=O) groups is 4. The molecule has 1 aromatic rings. The molecule has 0 aliphatic carbocycles. The van der Waals surface area contributed by atoms with E-state index in [0.717, 1.165) is 24.8 Å². The van der Waals surface area contributed by atoms with Gasteiger partial charge in [0.25, 0.3) is 0 Å². The number of rotatable bonds is 19. The summed E-state index contributed by atoms with van der Waals surface area (Å²) in [4.78, 5) is 59.8. The minimum atomic E-state index is -0.726. The highest BCUT2D eigenvalue weighted by molar-refractivity contribution is 7.99. The van der Waals surface area contributed by atoms with Crippen LogP contribution in [-0.2, 0) is 35.3 Å². The zero-order chi connectivity index (χ0) is 36.1. The first-order valence-electron chi connectivity index (χ1n) is 17.5. The lowest BCUT2D eigenvalue weighted by Crippen LogP contribution is -2.59. The van der Waals surface area contributed by atoms with Gasteiger partial charge in [-0.1, -0.05) is 78.3 Å². The van der Waals surface area contributed by atoms with Gasteiger partial charge < -0.3 is 24.6 Å². The van der Waals surface area contributed by atoms with Gasteiger partial charge in [0.1, 0.15) is 12.6 Å². The number of thioether (sulfide) groups is 1. The van der Waals surface area contributed by atoms with Gasteiger partial charge in [0.05, 0.1) is 31.0 Å². The van der Waals surface area contributed by atoms with Crippen molar-refractivity contribution in [1.82, 2.24) is 20.0 Å². The summed E-state index contributed by atoms with van der Waals surface area (Å²) in [6.07, 6.45) is 4.19. The molecule has 7 atom stereocenters. The molecule has 11 heteroatoms. The van der Waals surface area contributed by atoms with E-state index in [0.29, 0.717) is 6.54 Å². The van der Waals surface area contributed by atoms with Crippen molar-refractivity contribution < 1.29 is 28.7 Å². The minimum absolute atomic E-state index is 0.0260. The van der Waals surface area contributed by atoms with Crippen LogP contribution >= 0.6 is 11.8 Å². The molecule has 1 fully saturated rings. The molecule has 3 amide bonds. The van der Waals surface area contributed by atoms with Crippen LogP contribution in [0, 0.1) is 17.8 Å². The van der Waals surface area contributed by atoms with E-state index in [1.807, 2.05) is 88.2 Å². The van der Waals surface area contributed by atoms with Crippen molar-refractivity contribution in [2.75, 3.05) is 41.1 Å². The minimum Gasteiger partial charge on any atom is -0.461 e. The van der Waals surface area contributed by atoms with Gasteiger partial charge in [0.15, 0.2) is 0 Å². The number of methoxy groups -OCH3 is 1. The SMILES string of the molecule is CCC(C)C(C(CC(=O)N1CCCC1C(CC(=O)OCc1ccccc1)SC)OC)N(C)C(=O)C(NC(=O)C(C(C)C)N(C)C)C(C)C. The van der Waals surface area contributed by atoms with Crippen LogP contribution in [0.5, 0.6) is 0 Å². The van der Waals surface area contributed by atoms with E-state index in [-0.39, 0.29) is 78.2 Å². The third kappa shape index (κ3) is 11.5. The molecule has 1 saturated heterocycles. The third-order valence-corrected chi connectivity index (χ3v) is 10.8. The molecule has 48 heavy (non-hydrogen) atoms. The monoisotopic (exact) mass is 690 g/mol. The first-order valence-corrected chi connectivity index (χ1v) is 18.7. The standard InChI is InChI=1S/C37H62N4O6S/c1-12-26(6)35(40(9)37(45)33(24(2)3)38-36(44)34(25(4)5)39(7)8)29(46-10)21-31(42)41-20-16-19-28(41)30(48-11)22-32(43)47-23-27-17-14-13-15-18-27/h13-15,17-18,24-26,28-30,33-35H,12,16,19-23H2,1-11H3,(H,38,44). The van der Waals surface area contributed by atoms with Crippen LogP contribution < -0.4 is 5.32 Å². The Kier molecular flexibility index (Phi) is 17.4. The van der Waals surface area contributed by atoms with Gasteiger partial charge in [0.2, 0.25) is 17.7 Å². The Morgan fingerprint density at radius 2 is 1.65 bits per heavy atom. The van der Waals surface area contributed by atoms with Crippen molar-refractivity contribution >= 4 is 35.5 Å². The Morgan fingerprint density at radius 1 is 1.00 bits per heavy atom. The molecule has 2 rings (SSSR count). The van der Waals surface area contributed by atoms with E-state index in [1.165, 1.54) is 0 Å². The molecule has 0 bridgehead atoms. The molecule has 0 aromatic heterocycles. The predicted octanol–water partition coefficient (Wildman–Crippen LogP) is 4.85. The Bertz CT molecular complexity index is 1160. The molecule has 0 saturated carbocycles. The summed E-state index contributed by atoms with van der Waals surface area (Å²) in [5.74, 6) is -0.754. The van der Waals surface area contributed by atoms with Gasteiger partial charge in [-0.25, -0.2) is 0 Å². The molecule has 0 spiro atoms. The van der Waals surface area contributed by atoms with E-state index < -0.39 is 18.2 Å². The van der Waals surface area contributed by atoms with E-state index in [4.69, 9.17) is 9.47 Å². The summed E-state index contributed by atoms with van der Waals surface area (Å²) >= 11 is 1.59. The zero-order valence-electron chi connectivity index (χ0n) is 31.2. The Balaban J connectivity index is 2.20. The molecule has 1 aliphatic rings. The zero-order valence-corrected chi connectivity index (χ0v) is 32.0. The number of amides is 3. The number of hydrogen-bond acceptors (Lipinski definition) is 8. The van der Waals surface area contributed by atoms with E-state index in [2.05, 4.69) is 19.2 Å². The molecular formula is C37H62N4O6S. The second-order valence-electron chi connectivity index (χ2n) is 14.1. The van der Waals surface area contributed by atoms with Crippen molar-refractivity contribution in [1.29, 1.82) is 0 Å². The average molecular weight is 691 g/mol. The predicted molar refractivity (Wildman–Crippen MR) is 193 cm³/mol. The summed E-state index contributed by atoms with van der Waals surface area (Å²) in [7, 11) is 7.08. The van der Waals surface area contributed by atoms with Gasteiger partial charge in [-0.15, -0.1) is 0 Å². The summed E-state index contributed by atoms with van der Waals surface area (Å²) in [6, 6.07) is 8.01. The Hall–Kier alpha value is -2.63. The summed E-state index contributed by atoms with van der Waals surface area (Å²) in [6.45, 7) is 12.8. The fourth-order valence-electron chi connectivity index (χ4n) is 6.95. The lowest BCUT2D eigenvalue weighted by atomic mass is 9.89. The van der Waals surface area contributed by atoms with Gasteiger partial charge in [-0.2, -0.15) is 11.8 Å². The fraction of sp³-hybridized carbons (Fsp3) is 0.730. The Morgan fingerprint density at radius 3 is 2.17 bits per heavy atom. The molecule has 1 heterocycles. The molecule has 1 aromatic carbocycles. The number of esters is 1. The van der Waals surface area contributed by atoms with Crippen molar-refractivity contribution in [3.8, 4) is 0 Å². The highest BCUT2D eigenvalue weighted by Gasteiger charge is 2.41. The maximum absolute atomic E-state index is 14.1. The van der Waals surface area contributed by atoms with Crippen LogP contribution in [0.15, 0.2) is 30.3 Å². The second-order valence-corrected chi connectivity index (χ2v) is 15.2. The number of likely N-dealkylation sites (N-methyl/N-ethyl adjacent to an activating group) is 2. The molecule has 1 aliphatic heterocycles. The maximum Gasteiger partial charge on any atom is 0.307 e. The van der Waals surface area contributed by atoms with E-state index in [9.17, 15) is 19.2 Å². The van der Waals surface area contributed by atoms with Crippen molar-refractivity contribution in [3.63, 3.8) is 0 Å². The van der Waals surface area contributed by atoms with Gasteiger partial charge in [-0.3, -0.25) is 24.1 Å². The quantitative estimate of drug-likeness (QED) is 0.206. The molecule has 7 unspecified atom stereocenters. The number of carbonyl (C=O) groups excluding carboxylic acids is 4. The molecule has 1 N–H and O–H groups in total. The smallest absolute Gasteiger partial charge is 0.307 e. The van der Waals surface area contributed by atoms with Gasteiger partial charge in [0, 0.05) is 32.0 Å². The summed E-state index contributed by atoms with van der Waals surface area (Å²) in [5, 5.41) is 2.95. The average Bonchev–Trinajstić information content (AvgIpc) is 3.54. The van der Waals surface area contributed by atoms with Crippen LogP contribution in [0.25, 0.3) is 0 Å². The first-order chi connectivity index (χ1) is 22.7. The van der Waals surface area contributed by atoms with Crippen molar-refractivity contribution in [2.24, 2.45) is 17.8 Å². The van der Waals surface area contributed by atoms with Gasteiger partial charge in [-0.05, 0) is 56.5 Å². The summed E-state index contributed by atoms with van der Waals surface area (Å²) in [5.41, 5.74) is 0.935. The molecule has 272 valence electrons. The van der Waals surface area contributed by atoms with Crippen LogP contribution in [0.2, 0.25) is 0 Å². The Labute approximate surface area is 294 Å². The third-order valence-electron chi connectivity index (χ3n) is 9.73. The number of benzene rings is 1. The summed E-state index contributed by atoms with van der Waals surface area (Å²) < 4.78 is 11.6. The lowest BCUT2D eigenvalue weighted by molar-refractivity contribution is -0.147. The van der Waals surface area contributed by atoms with Crippen molar-refractivity contribution in [3.05, 3.63) is 35.9 Å². The lowest BCUT2D eigenvalue weighted by Gasteiger charge is -2.41. The highest BCUT2D eigenvalue weighted by atomic mass is 32.2. The number of nitrogens with zero attached hydrogens (tertiary/aromatic N) is 3. The van der Waals surface area contributed by atoms with Crippen LogP contribution in [0.1, 0.15) is 79.2 Å². The second kappa shape index (κ2) is 20.1. The molecule has 0 radical (unpaired) electrons. The number of nitrogens with one attached hydrogen (secondary N) is 1. The highest BCUT2D eigenvalue weighted by Crippen LogP contribution is 2.31. The normalized spacial score (nSPS) is 18.7. The molecule has 10 nitrogen and oxygen atoms in total. The first kappa shape index (κ1) is 41.5. The van der Waals surface area contributed by atoms with Crippen LogP contribution in [-0.4, -0.2) is 115 Å². The van der Waals surface area contributed by atoms with E-state index >= 15 is 0 Å². The van der Waals surface area contributed by atoms with E-state index in [1.54, 1.807) is 30.8 Å². The topological polar surface area (TPSA) is 108 Å². The maximum atomic E-state index is 14.1. The fourth-order valence-corrected chi connectivity index (χ4v) is 7.85. The van der Waals surface area contributed by atoms with Crippen LogP contribution in [0.3, 0.4) is 0 Å². The molecular weight excluding hydrogens is 628 g/mol. The van der Waals surface area contributed by atoms with Crippen LogP contribution in [0.4, 0.5) is 0 Å². The van der Waals surface area contributed by atoms with Gasteiger partial charge >= 0.3 is 5.97 Å². The number of likely N-dealkylation sites (tertiary alicyclic amines) is 1. The number of ether oxygens (including phenoxy) is 2. The number of hydrogen-bond donors (Lipinski definition) is 1.